The lowest BCUT2D eigenvalue weighted by Gasteiger charge is -2.18. The van der Waals surface area contributed by atoms with Crippen LogP contribution in [0.3, 0.4) is 0 Å². The van der Waals surface area contributed by atoms with Gasteiger partial charge in [0.05, 0.1) is 16.8 Å². The van der Waals surface area contributed by atoms with E-state index in [0.717, 1.165) is 29.4 Å². The molecule has 3 nitrogen and oxygen atoms in total. The summed E-state index contributed by atoms with van der Waals surface area (Å²) in [5.74, 6) is 0. The maximum atomic E-state index is 10.1. The van der Waals surface area contributed by atoms with Gasteiger partial charge in [-0.15, -0.1) is 11.3 Å². The van der Waals surface area contributed by atoms with Crippen LogP contribution in [-0.2, 0) is 6.54 Å². The molecule has 1 aromatic carbocycles. The fourth-order valence-corrected chi connectivity index (χ4v) is 2.76. The van der Waals surface area contributed by atoms with E-state index >= 15 is 0 Å². The first-order valence-corrected chi connectivity index (χ1v) is 7.83. The van der Waals surface area contributed by atoms with Gasteiger partial charge in [0.25, 0.3) is 0 Å². The number of hydrogen-bond donors (Lipinski definition) is 1. The Bertz CT molecular complexity index is 541. The van der Waals surface area contributed by atoms with Crippen LogP contribution in [0.25, 0.3) is 0 Å². The van der Waals surface area contributed by atoms with Crippen molar-refractivity contribution in [1.29, 1.82) is 0 Å². The fourth-order valence-electron chi connectivity index (χ4n) is 2.03. The topological polar surface area (TPSA) is 36.4 Å². The number of aryl methyl sites for hydroxylation is 1. The van der Waals surface area contributed by atoms with E-state index in [1.54, 1.807) is 11.3 Å². The molecule has 0 radical (unpaired) electrons. The highest BCUT2D eigenvalue weighted by molar-refractivity contribution is 7.09. The van der Waals surface area contributed by atoms with E-state index in [4.69, 9.17) is 11.6 Å². The highest BCUT2D eigenvalue weighted by atomic mass is 35.5. The summed E-state index contributed by atoms with van der Waals surface area (Å²) in [5, 5.41) is 14.0. The lowest BCUT2D eigenvalue weighted by atomic mass is 10.1. The minimum atomic E-state index is -0.452. The number of hydrogen-bond acceptors (Lipinski definition) is 4. The highest BCUT2D eigenvalue weighted by Crippen LogP contribution is 2.19. The summed E-state index contributed by atoms with van der Waals surface area (Å²) in [7, 11) is 2.04. The molecule has 1 N–H and O–H groups in total. The van der Waals surface area contributed by atoms with Crippen LogP contribution in [0.4, 0.5) is 0 Å². The van der Waals surface area contributed by atoms with Gasteiger partial charge in [0, 0.05) is 23.5 Å². The predicted octanol–water partition coefficient (Wildman–Crippen LogP) is 3.66. The molecule has 108 valence electrons. The van der Waals surface area contributed by atoms with Crippen molar-refractivity contribution in [2.45, 2.75) is 26.0 Å². The molecule has 1 atom stereocenters. The van der Waals surface area contributed by atoms with Crippen LogP contribution in [0, 0.1) is 6.92 Å². The van der Waals surface area contributed by atoms with E-state index in [-0.39, 0.29) is 0 Å². The number of halogens is 1. The van der Waals surface area contributed by atoms with Gasteiger partial charge in [-0.05, 0) is 38.1 Å². The van der Waals surface area contributed by atoms with Crippen LogP contribution in [-0.4, -0.2) is 28.6 Å². The Morgan fingerprint density at radius 3 is 2.65 bits per heavy atom. The molecule has 2 rings (SSSR count). The fraction of sp³-hybridized carbons (Fsp3) is 0.400. The summed E-state index contributed by atoms with van der Waals surface area (Å²) < 4.78 is 0. The van der Waals surface area contributed by atoms with Crippen LogP contribution in [0.5, 0.6) is 0 Å². The number of aliphatic hydroxyl groups is 1. The number of thiazole rings is 1. The van der Waals surface area contributed by atoms with Crippen LogP contribution < -0.4 is 0 Å². The van der Waals surface area contributed by atoms with Crippen molar-refractivity contribution in [1.82, 2.24) is 9.88 Å². The van der Waals surface area contributed by atoms with Crippen molar-refractivity contribution >= 4 is 22.9 Å². The number of benzene rings is 1. The van der Waals surface area contributed by atoms with E-state index in [0.29, 0.717) is 11.4 Å². The average Bonchev–Trinajstić information content (AvgIpc) is 2.82. The Labute approximate surface area is 128 Å². The zero-order chi connectivity index (χ0) is 14.5. The first-order valence-electron chi connectivity index (χ1n) is 6.57. The van der Waals surface area contributed by atoms with Crippen molar-refractivity contribution in [3.63, 3.8) is 0 Å². The lowest BCUT2D eigenvalue weighted by molar-refractivity contribution is 0.147. The molecule has 0 amide bonds. The van der Waals surface area contributed by atoms with E-state index in [9.17, 15) is 5.11 Å². The minimum Gasteiger partial charge on any atom is -0.388 e. The van der Waals surface area contributed by atoms with Crippen molar-refractivity contribution in [2.24, 2.45) is 0 Å². The molecule has 0 saturated carbocycles. The zero-order valence-electron chi connectivity index (χ0n) is 11.7. The first kappa shape index (κ1) is 15.4. The molecular weight excluding hydrogens is 292 g/mol. The maximum absolute atomic E-state index is 10.1. The van der Waals surface area contributed by atoms with Gasteiger partial charge in [0.1, 0.15) is 0 Å². The molecule has 0 aliphatic heterocycles. The Morgan fingerprint density at radius 1 is 1.35 bits per heavy atom. The van der Waals surface area contributed by atoms with Gasteiger partial charge in [0.15, 0.2) is 0 Å². The minimum absolute atomic E-state index is 0.452. The molecule has 0 bridgehead atoms. The number of rotatable bonds is 6. The lowest BCUT2D eigenvalue weighted by Crippen LogP contribution is -2.21. The highest BCUT2D eigenvalue weighted by Gasteiger charge is 2.10. The summed E-state index contributed by atoms with van der Waals surface area (Å²) >= 11 is 7.51. The first-order chi connectivity index (χ1) is 9.54. The molecule has 20 heavy (non-hydrogen) atoms. The molecule has 0 aliphatic rings. The summed E-state index contributed by atoms with van der Waals surface area (Å²) in [6.45, 7) is 3.65. The van der Waals surface area contributed by atoms with E-state index in [2.05, 4.69) is 15.3 Å². The van der Waals surface area contributed by atoms with Gasteiger partial charge in [-0.2, -0.15) is 0 Å². The van der Waals surface area contributed by atoms with Gasteiger partial charge >= 0.3 is 0 Å². The van der Waals surface area contributed by atoms with Gasteiger partial charge in [-0.25, -0.2) is 4.98 Å². The van der Waals surface area contributed by atoms with Gasteiger partial charge in [0.2, 0.25) is 0 Å². The third-order valence-electron chi connectivity index (χ3n) is 3.14. The van der Waals surface area contributed by atoms with Crippen LogP contribution in [0.1, 0.15) is 28.8 Å². The molecule has 0 aliphatic carbocycles. The maximum Gasteiger partial charge on any atom is 0.0897 e. The normalized spacial score (nSPS) is 12.8. The molecule has 5 heteroatoms. The third kappa shape index (κ3) is 4.56. The van der Waals surface area contributed by atoms with Crippen molar-refractivity contribution in [2.75, 3.05) is 13.6 Å². The molecule has 1 aromatic heterocycles. The van der Waals surface area contributed by atoms with Gasteiger partial charge in [-0.1, -0.05) is 23.7 Å². The summed E-state index contributed by atoms with van der Waals surface area (Å²) in [6, 6.07) is 7.36. The Kier molecular flexibility index (Phi) is 5.54. The molecule has 1 heterocycles. The molecule has 0 spiro atoms. The summed E-state index contributed by atoms with van der Waals surface area (Å²) in [6.07, 6.45) is 0.244. The Balaban J connectivity index is 1.80. The smallest absolute Gasteiger partial charge is 0.0897 e. The largest absolute Gasteiger partial charge is 0.388 e. The number of aliphatic hydroxyl groups excluding tert-OH is 1. The summed E-state index contributed by atoms with van der Waals surface area (Å²) in [5.41, 5.74) is 2.00. The average molecular weight is 311 g/mol. The molecule has 0 fully saturated rings. The predicted molar refractivity (Wildman–Crippen MR) is 84.2 cm³/mol. The molecular formula is C15H19ClN2OS. The van der Waals surface area contributed by atoms with E-state index < -0.39 is 6.10 Å². The zero-order valence-corrected chi connectivity index (χ0v) is 13.3. The van der Waals surface area contributed by atoms with Crippen LogP contribution in [0.15, 0.2) is 29.6 Å². The van der Waals surface area contributed by atoms with Crippen molar-refractivity contribution in [3.05, 3.63) is 50.9 Å². The molecule has 0 saturated heterocycles. The van der Waals surface area contributed by atoms with E-state index in [1.807, 2.05) is 38.2 Å². The van der Waals surface area contributed by atoms with Crippen molar-refractivity contribution in [3.8, 4) is 0 Å². The van der Waals surface area contributed by atoms with E-state index in [1.165, 1.54) is 0 Å². The molecule has 2 aromatic rings. The van der Waals surface area contributed by atoms with Crippen LogP contribution >= 0.6 is 22.9 Å². The van der Waals surface area contributed by atoms with Crippen LogP contribution in [0.2, 0.25) is 5.02 Å². The second-order valence-corrected chi connectivity index (χ2v) is 6.45. The number of nitrogens with zero attached hydrogens (tertiary/aromatic N) is 2. The molecule has 1 unspecified atom stereocenters. The van der Waals surface area contributed by atoms with Crippen molar-refractivity contribution < 1.29 is 5.11 Å². The standard InChI is InChI=1S/C15H19ClN2OS/c1-11-17-14(10-20-11)9-18(2)8-7-15(19)12-3-5-13(16)6-4-12/h3-6,10,15,19H,7-9H2,1-2H3. The SMILES string of the molecule is Cc1nc(CN(C)CCC(O)c2ccc(Cl)cc2)cs1. The summed E-state index contributed by atoms with van der Waals surface area (Å²) in [4.78, 5) is 6.62. The second kappa shape index (κ2) is 7.18. The Morgan fingerprint density at radius 2 is 2.05 bits per heavy atom. The monoisotopic (exact) mass is 310 g/mol. The van der Waals surface area contributed by atoms with Gasteiger partial charge in [-0.3, -0.25) is 0 Å². The number of aromatic nitrogens is 1. The Hall–Kier alpha value is -0.940. The van der Waals surface area contributed by atoms with Gasteiger partial charge < -0.3 is 10.0 Å². The second-order valence-electron chi connectivity index (χ2n) is 4.95. The third-order valence-corrected chi connectivity index (χ3v) is 4.21. The quantitative estimate of drug-likeness (QED) is 0.884.